The zero-order valence-electron chi connectivity index (χ0n) is 18.8. The average Bonchev–Trinajstić information content (AvgIpc) is 3.26. The Morgan fingerprint density at radius 2 is 1.53 bits per heavy atom. The molecule has 34 heavy (non-hydrogen) atoms. The summed E-state index contributed by atoms with van der Waals surface area (Å²) in [6.45, 7) is 0.696. The number of H-pyrrole nitrogens is 1. The molecule has 2 N–H and O–H groups in total. The lowest BCUT2D eigenvalue weighted by Gasteiger charge is -2.39. The van der Waals surface area contributed by atoms with E-state index in [9.17, 15) is 18.7 Å². The van der Waals surface area contributed by atoms with E-state index in [4.69, 9.17) is 0 Å². The van der Waals surface area contributed by atoms with E-state index in [1.165, 1.54) is 24.3 Å². The van der Waals surface area contributed by atoms with Crippen molar-refractivity contribution in [3.63, 3.8) is 0 Å². The van der Waals surface area contributed by atoms with Crippen LogP contribution in [0, 0.1) is 11.6 Å². The summed E-state index contributed by atoms with van der Waals surface area (Å²) >= 11 is 0. The van der Waals surface area contributed by atoms with Crippen LogP contribution in [0.5, 0.6) is 0 Å². The summed E-state index contributed by atoms with van der Waals surface area (Å²) < 4.78 is 27.2. The van der Waals surface area contributed by atoms with E-state index < -0.39 is 6.10 Å². The van der Waals surface area contributed by atoms with Gasteiger partial charge in [-0.3, -0.25) is 4.48 Å². The van der Waals surface area contributed by atoms with Gasteiger partial charge in [0, 0.05) is 17.3 Å². The topological polar surface area (TPSA) is 53.1 Å². The van der Waals surface area contributed by atoms with Crippen LogP contribution < -0.4 is 0 Å². The molecule has 0 bridgehead atoms. The van der Waals surface area contributed by atoms with Crippen molar-refractivity contribution in [1.82, 2.24) is 4.98 Å². The number of nitrogens with zero attached hydrogens (tertiary/aromatic N) is 1. The van der Waals surface area contributed by atoms with Gasteiger partial charge in [0.1, 0.15) is 30.0 Å². The lowest BCUT2D eigenvalue weighted by molar-refractivity contribution is -0.835. The number of carbonyl (C=O) groups is 1. The van der Waals surface area contributed by atoms with Crippen LogP contribution in [0.15, 0.2) is 84.4 Å². The van der Waals surface area contributed by atoms with E-state index in [0.29, 0.717) is 18.7 Å². The maximum absolute atomic E-state index is 13.6. The predicted octanol–water partition coefficient (Wildman–Crippen LogP) is 5.30. The molecule has 1 aliphatic rings. The zero-order valence-corrected chi connectivity index (χ0v) is 18.8. The monoisotopic (exact) mass is 459 g/mol. The van der Waals surface area contributed by atoms with Gasteiger partial charge in [-0.15, -0.1) is 0 Å². The number of aliphatic hydroxyl groups is 1. The number of benzene rings is 3. The van der Waals surface area contributed by atoms with Crippen LogP contribution in [-0.4, -0.2) is 46.7 Å². The molecule has 3 aromatic carbocycles. The lowest BCUT2D eigenvalue weighted by atomic mass is 9.86. The molecule has 1 aliphatic heterocycles. The Morgan fingerprint density at radius 3 is 2.09 bits per heavy atom. The molecule has 0 aliphatic carbocycles. The Balaban J connectivity index is 1.51. The lowest BCUT2D eigenvalue weighted by Crippen LogP contribution is -2.57. The Hall–Kier alpha value is -3.61. The Kier molecular flexibility index (Phi) is 5.63. The summed E-state index contributed by atoms with van der Waals surface area (Å²) in [5.41, 5.74) is 4.39. The van der Waals surface area contributed by atoms with Crippen molar-refractivity contribution in [2.75, 3.05) is 20.1 Å². The van der Waals surface area contributed by atoms with E-state index in [1.54, 1.807) is 24.3 Å². The first kappa shape index (κ1) is 22.2. The standard InChI is InChI=1S/C28H24F2N2O2/c1-32(28(34)25-16-20-4-2-3-5-24(20)31-25)15-14-23(26(33)17-32)27(18-6-10-21(29)11-7-18)19-8-12-22(30)13-9-19/h2-13,16,26,33H,14-15,17H2,1H3/p+1. The van der Waals surface area contributed by atoms with E-state index in [2.05, 4.69) is 4.98 Å². The number of fused-ring (bicyclic) bond motifs is 1. The number of amides is 1. The molecule has 1 amide bonds. The van der Waals surface area contributed by atoms with Crippen LogP contribution in [0.1, 0.15) is 28.0 Å². The van der Waals surface area contributed by atoms with Crippen LogP contribution in [0.2, 0.25) is 0 Å². The summed E-state index contributed by atoms with van der Waals surface area (Å²) in [5, 5.41) is 12.2. The van der Waals surface area contributed by atoms with Crippen molar-refractivity contribution < 1.29 is 23.2 Å². The number of carbonyl (C=O) groups excluding carboxylic acids is 1. The number of hydrogen-bond acceptors (Lipinski definition) is 2. The number of likely N-dealkylation sites (tertiary alicyclic amines) is 1. The molecule has 2 heterocycles. The molecule has 2 atom stereocenters. The van der Waals surface area contributed by atoms with Crippen molar-refractivity contribution >= 4 is 22.4 Å². The van der Waals surface area contributed by atoms with E-state index >= 15 is 0 Å². The molecule has 6 heteroatoms. The Bertz CT molecular complexity index is 1310. The highest BCUT2D eigenvalue weighted by Gasteiger charge is 2.41. The van der Waals surface area contributed by atoms with Gasteiger partial charge in [-0.1, -0.05) is 42.5 Å². The van der Waals surface area contributed by atoms with Gasteiger partial charge in [0.2, 0.25) is 0 Å². The second kappa shape index (κ2) is 8.63. The molecular formula is C28H25F2N2O2+. The van der Waals surface area contributed by atoms with Gasteiger partial charge in [0.15, 0.2) is 0 Å². The molecule has 0 spiro atoms. The van der Waals surface area contributed by atoms with Crippen molar-refractivity contribution in [3.05, 3.63) is 113 Å². The molecule has 1 saturated heterocycles. The minimum Gasteiger partial charge on any atom is -0.383 e. The fourth-order valence-electron chi connectivity index (χ4n) is 4.84. The average molecular weight is 460 g/mol. The van der Waals surface area contributed by atoms with E-state index in [0.717, 1.165) is 33.2 Å². The number of aliphatic hydroxyl groups excluding tert-OH is 1. The van der Waals surface area contributed by atoms with Crippen LogP contribution in [0.4, 0.5) is 8.78 Å². The van der Waals surface area contributed by atoms with Crippen molar-refractivity contribution in [2.45, 2.75) is 12.5 Å². The van der Waals surface area contributed by atoms with E-state index in [1.807, 2.05) is 37.4 Å². The van der Waals surface area contributed by atoms with Crippen LogP contribution in [0.3, 0.4) is 0 Å². The Labute approximate surface area is 196 Å². The molecule has 1 fully saturated rings. The van der Waals surface area contributed by atoms with Gasteiger partial charge in [0.25, 0.3) is 0 Å². The molecule has 0 saturated carbocycles. The number of aromatic amines is 1. The maximum Gasteiger partial charge on any atom is 0.362 e. The largest absolute Gasteiger partial charge is 0.383 e. The van der Waals surface area contributed by atoms with Crippen LogP contribution in [0.25, 0.3) is 16.5 Å². The molecule has 4 aromatic rings. The van der Waals surface area contributed by atoms with Gasteiger partial charge in [0.05, 0.1) is 13.6 Å². The maximum atomic E-state index is 13.6. The second-order valence-electron chi connectivity index (χ2n) is 9.06. The number of piperidine rings is 1. The highest BCUT2D eigenvalue weighted by Crippen LogP contribution is 2.35. The first-order valence-electron chi connectivity index (χ1n) is 11.2. The highest BCUT2D eigenvalue weighted by molar-refractivity contribution is 5.94. The van der Waals surface area contributed by atoms with Crippen molar-refractivity contribution in [3.8, 4) is 0 Å². The third kappa shape index (κ3) is 4.06. The number of likely N-dealkylation sites (N-methyl/N-ethyl adjacent to an activating group) is 1. The smallest absolute Gasteiger partial charge is 0.362 e. The van der Waals surface area contributed by atoms with Crippen molar-refractivity contribution in [2.24, 2.45) is 0 Å². The second-order valence-corrected chi connectivity index (χ2v) is 9.06. The van der Waals surface area contributed by atoms with Crippen molar-refractivity contribution in [1.29, 1.82) is 0 Å². The quantitative estimate of drug-likeness (QED) is 0.409. The normalized spacial score (nSPS) is 20.5. The number of aromatic nitrogens is 1. The number of quaternary nitrogens is 1. The molecular weight excluding hydrogens is 434 g/mol. The summed E-state index contributed by atoms with van der Waals surface area (Å²) in [5.74, 6) is -0.798. The first-order valence-corrected chi connectivity index (χ1v) is 11.2. The fourth-order valence-corrected chi connectivity index (χ4v) is 4.84. The molecule has 1 aromatic heterocycles. The summed E-state index contributed by atoms with van der Waals surface area (Å²) in [6, 6.07) is 21.7. The SMILES string of the molecule is C[N+]1(C(=O)c2cc3ccccc3[nH]2)CCC(=C(c2ccc(F)cc2)c2ccc(F)cc2)C(O)C1. The first-order chi connectivity index (χ1) is 16.3. The van der Waals surface area contributed by atoms with Gasteiger partial charge in [-0.05, 0) is 58.7 Å². The van der Waals surface area contributed by atoms with Crippen LogP contribution >= 0.6 is 0 Å². The molecule has 4 nitrogen and oxygen atoms in total. The van der Waals surface area contributed by atoms with Gasteiger partial charge >= 0.3 is 5.91 Å². The molecule has 0 radical (unpaired) electrons. The van der Waals surface area contributed by atoms with Gasteiger partial charge in [-0.25, -0.2) is 13.6 Å². The van der Waals surface area contributed by atoms with Crippen LogP contribution in [-0.2, 0) is 0 Å². The minimum absolute atomic E-state index is 0.0532. The third-order valence-electron chi connectivity index (χ3n) is 6.69. The number of para-hydroxylation sites is 1. The fraction of sp³-hybridized carbons (Fsp3) is 0.179. The summed E-state index contributed by atoms with van der Waals surface area (Å²) in [7, 11) is 1.84. The minimum atomic E-state index is -0.891. The third-order valence-corrected chi connectivity index (χ3v) is 6.69. The molecule has 5 rings (SSSR count). The number of rotatable bonds is 3. The predicted molar refractivity (Wildman–Crippen MR) is 128 cm³/mol. The number of hydrogen-bond donors (Lipinski definition) is 2. The highest BCUT2D eigenvalue weighted by atomic mass is 19.1. The number of nitrogens with one attached hydrogen (secondary N) is 1. The number of halogens is 2. The van der Waals surface area contributed by atoms with Gasteiger partial charge < -0.3 is 10.1 Å². The Morgan fingerprint density at radius 1 is 0.941 bits per heavy atom. The van der Waals surface area contributed by atoms with Gasteiger partial charge in [-0.2, -0.15) is 0 Å². The molecule has 2 unspecified atom stereocenters. The summed E-state index contributed by atoms with van der Waals surface area (Å²) in [4.78, 5) is 16.7. The zero-order chi connectivity index (χ0) is 23.9. The molecule has 172 valence electrons. The van der Waals surface area contributed by atoms with E-state index in [-0.39, 0.29) is 28.6 Å². The summed E-state index contributed by atoms with van der Waals surface area (Å²) in [6.07, 6.45) is -0.426.